The second-order valence-corrected chi connectivity index (χ2v) is 9.03. The zero-order chi connectivity index (χ0) is 20.8. The first-order valence-corrected chi connectivity index (χ1v) is 10.9. The van der Waals surface area contributed by atoms with Gasteiger partial charge in [0.15, 0.2) is 5.78 Å². The van der Waals surface area contributed by atoms with E-state index in [0.717, 1.165) is 31.2 Å². The largest absolute Gasteiger partial charge is 0.462 e. The van der Waals surface area contributed by atoms with Crippen LogP contribution in [-0.2, 0) is 14.3 Å². The van der Waals surface area contributed by atoms with Gasteiger partial charge >= 0.3 is 11.9 Å². The highest BCUT2D eigenvalue weighted by atomic mass is 16.5. The molecule has 3 aliphatic rings. The van der Waals surface area contributed by atoms with E-state index in [4.69, 9.17) is 9.47 Å². The molecule has 0 radical (unpaired) electrons. The van der Waals surface area contributed by atoms with Crippen LogP contribution in [-0.4, -0.2) is 23.8 Å². The van der Waals surface area contributed by atoms with Crippen molar-refractivity contribution in [2.24, 2.45) is 17.3 Å². The maximum Gasteiger partial charge on any atom is 0.310 e. The van der Waals surface area contributed by atoms with Crippen LogP contribution in [0.5, 0.6) is 5.75 Å². The Morgan fingerprint density at radius 3 is 2.59 bits per heavy atom. The van der Waals surface area contributed by atoms with Gasteiger partial charge in [-0.15, -0.1) is 0 Å². The fraction of sp³-hybridized carbons (Fsp3) is 0.625. The first-order chi connectivity index (χ1) is 13.9. The van der Waals surface area contributed by atoms with Crippen LogP contribution < -0.4 is 4.74 Å². The Balaban J connectivity index is 1.59. The van der Waals surface area contributed by atoms with Gasteiger partial charge in [0, 0.05) is 30.2 Å². The highest BCUT2D eigenvalue weighted by Crippen LogP contribution is 2.61. The molecule has 0 saturated heterocycles. The fourth-order valence-corrected chi connectivity index (χ4v) is 6.04. The average molecular weight is 398 g/mol. The van der Waals surface area contributed by atoms with Crippen LogP contribution in [0.2, 0.25) is 0 Å². The van der Waals surface area contributed by atoms with E-state index in [0.29, 0.717) is 48.3 Å². The summed E-state index contributed by atoms with van der Waals surface area (Å²) >= 11 is 0. The number of carbonyl (C=O) groups is 3. The number of rotatable bonds is 4. The van der Waals surface area contributed by atoms with Gasteiger partial charge < -0.3 is 9.47 Å². The zero-order valence-electron chi connectivity index (χ0n) is 17.5. The van der Waals surface area contributed by atoms with E-state index in [9.17, 15) is 14.4 Å². The van der Waals surface area contributed by atoms with Crippen molar-refractivity contribution in [3.05, 3.63) is 29.3 Å². The molecule has 0 aromatic heterocycles. The number of hydrogen-bond acceptors (Lipinski definition) is 5. The highest BCUT2D eigenvalue weighted by Gasteiger charge is 2.57. The molecule has 0 heterocycles. The first kappa shape index (κ1) is 20.1. The maximum atomic E-state index is 13.0. The minimum absolute atomic E-state index is 0.0340. The summed E-state index contributed by atoms with van der Waals surface area (Å²) < 4.78 is 11.1. The molecular weight excluding hydrogens is 368 g/mol. The van der Waals surface area contributed by atoms with Crippen molar-refractivity contribution in [1.29, 1.82) is 0 Å². The quantitative estimate of drug-likeness (QED) is 0.537. The molecule has 0 bridgehead atoms. The van der Waals surface area contributed by atoms with E-state index < -0.39 is 0 Å². The van der Waals surface area contributed by atoms with Crippen LogP contribution in [0.1, 0.15) is 87.6 Å². The lowest BCUT2D eigenvalue weighted by Crippen LogP contribution is -2.46. The highest BCUT2D eigenvalue weighted by molar-refractivity contribution is 5.99. The molecule has 1 aromatic carbocycles. The van der Waals surface area contributed by atoms with Crippen LogP contribution >= 0.6 is 0 Å². The predicted octanol–water partition coefficient (Wildman–Crippen LogP) is 4.82. The average Bonchev–Trinajstić information content (AvgIpc) is 3.04. The monoisotopic (exact) mass is 398 g/mol. The molecule has 1 aromatic rings. The third-order valence-corrected chi connectivity index (χ3v) is 7.58. The van der Waals surface area contributed by atoms with Crippen molar-refractivity contribution in [1.82, 2.24) is 0 Å². The molecule has 3 aliphatic carbocycles. The Hall–Kier alpha value is -2.17. The molecule has 2 saturated carbocycles. The van der Waals surface area contributed by atoms with Crippen molar-refractivity contribution >= 4 is 17.7 Å². The smallest absolute Gasteiger partial charge is 0.310 e. The second-order valence-electron chi connectivity index (χ2n) is 9.03. The SMILES string of the molecule is CCC(=O)Oc1ccc2c(c1)C(=O)C[C@@H]1[C@@H]2CC[C@]2(C)[C@@H](OC(=O)CC)CC[C@@H]12. The first-order valence-electron chi connectivity index (χ1n) is 10.9. The van der Waals surface area contributed by atoms with Crippen LogP contribution in [0.15, 0.2) is 18.2 Å². The van der Waals surface area contributed by atoms with Gasteiger partial charge in [0.2, 0.25) is 0 Å². The summed E-state index contributed by atoms with van der Waals surface area (Å²) in [6.45, 7) is 5.83. The number of esters is 2. The Morgan fingerprint density at radius 2 is 1.86 bits per heavy atom. The normalized spacial score (nSPS) is 32.7. The molecule has 156 valence electrons. The lowest BCUT2D eigenvalue weighted by Gasteiger charge is -2.50. The zero-order valence-corrected chi connectivity index (χ0v) is 17.5. The molecule has 2 fully saturated rings. The lowest BCUT2D eigenvalue weighted by atomic mass is 9.55. The molecule has 0 aliphatic heterocycles. The van der Waals surface area contributed by atoms with E-state index in [1.165, 1.54) is 0 Å². The maximum absolute atomic E-state index is 13.0. The number of carbonyl (C=O) groups excluding carboxylic acids is 3. The van der Waals surface area contributed by atoms with Gasteiger partial charge in [-0.05, 0) is 61.1 Å². The van der Waals surface area contributed by atoms with E-state index in [1.54, 1.807) is 13.0 Å². The van der Waals surface area contributed by atoms with Gasteiger partial charge in [-0.3, -0.25) is 14.4 Å². The molecule has 0 N–H and O–H groups in total. The molecule has 4 rings (SSSR count). The van der Waals surface area contributed by atoms with Crippen molar-refractivity contribution in [2.45, 2.75) is 77.7 Å². The number of hydrogen-bond donors (Lipinski definition) is 0. The van der Waals surface area contributed by atoms with Crippen LogP contribution in [0.3, 0.4) is 0 Å². The van der Waals surface area contributed by atoms with E-state index in [2.05, 4.69) is 6.92 Å². The summed E-state index contributed by atoms with van der Waals surface area (Å²) in [5.74, 6) is 1.20. The molecule has 0 amide bonds. The van der Waals surface area contributed by atoms with Crippen LogP contribution in [0, 0.1) is 17.3 Å². The Morgan fingerprint density at radius 1 is 1.10 bits per heavy atom. The fourth-order valence-electron chi connectivity index (χ4n) is 6.04. The summed E-state index contributed by atoms with van der Waals surface area (Å²) in [6, 6.07) is 5.54. The Kier molecular flexibility index (Phi) is 5.26. The van der Waals surface area contributed by atoms with E-state index >= 15 is 0 Å². The molecule has 0 spiro atoms. The second kappa shape index (κ2) is 7.58. The molecule has 29 heavy (non-hydrogen) atoms. The third kappa shape index (κ3) is 3.38. The topological polar surface area (TPSA) is 69.7 Å². The number of fused-ring (bicyclic) bond motifs is 5. The third-order valence-electron chi connectivity index (χ3n) is 7.58. The minimum Gasteiger partial charge on any atom is -0.462 e. The number of benzene rings is 1. The van der Waals surface area contributed by atoms with E-state index in [1.807, 2.05) is 19.1 Å². The van der Waals surface area contributed by atoms with Gasteiger partial charge in [0.25, 0.3) is 0 Å². The van der Waals surface area contributed by atoms with Gasteiger partial charge in [-0.25, -0.2) is 0 Å². The summed E-state index contributed by atoms with van der Waals surface area (Å²) in [5, 5.41) is 0. The lowest BCUT2D eigenvalue weighted by molar-refractivity contribution is -0.157. The van der Waals surface area contributed by atoms with Gasteiger partial charge in [-0.1, -0.05) is 26.8 Å². The summed E-state index contributed by atoms with van der Waals surface area (Å²) in [5.41, 5.74) is 1.77. The van der Waals surface area contributed by atoms with Gasteiger partial charge in [-0.2, -0.15) is 0 Å². The number of ether oxygens (including phenoxy) is 2. The molecule has 5 heteroatoms. The Bertz CT molecular complexity index is 844. The van der Waals surface area contributed by atoms with Crippen LogP contribution in [0.4, 0.5) is 0 Å². The van der Waals surface area contributed by atoms with Crippen molar-refractivity contribution < 1.29 is 23.9 Å². The Labute approximate surface area is 172 Å². The van der Waals surface area contributed by atoms with Crippen molar-refractivity contribution in [3.63, 3.8) is 0 Å². The van der Waals surface area contributed by atoms with Crippen molar-refractivity contribution in [2.75, 3.05) is 0 Å². The van der Waals surface area contributed by atoms with E-state index in [-0.39, 0.29) is 29.2 Å². The molecule has 5 nitrogen and oxygen atoms in total. The van der Waals surface area contributed by atoms with Gasteiger partial charge in [0.05, 0.1) is 0 Å². The number of ketones is 1. The summed E-state index contributed by atoms with van der Waals surface area (Å²) in [7, 11) is 0. The molecule has 5 atom stereocenters. The molecule has 0 unspecified atom stereocenters. The predicted molar refractivity (Wildman–Crippen MR) is 108 cm³/mol. The van der Waals surface area contributed by atoms with Crippen molar-refractivity contribution in [3.8, 4) is 5.75 Å². The van der Waals surface area contributed by atoms with Crippen LogP contribution in [0.25, 0.3) is 0 Å². The standard InChI is InChI=1S/C24H30O5/c1-4-22(26)28-14-6-7-15-16-10-11-24(3)19(8-9-21(24)29-23(27)5-2)17(16)13-20(25)18(15)12-14/h6-7,12,16-17,19,21H,4-5,8-11,13H2,1-3H3/t16-,17-,19+,21+,24+/m1/s1. The number of Topliss-reactive ketones (excluding diaryl/α,β-unsaturated/α-hetero) is 1. The summed E-state index contributed by atoms with van der Waals surface area (Å²) in [4.78, 5) is 36.5. The molecular formula is C24H30O5. The summed E-state index contributed by atoms with van der Waals surface area (Å²) in [6.07, 6.45) is 5.09. The van der Waals surface area contributed by atoms with Gasteiger partial charge in [0.1, 0.15) is 11.9 Å². The minimum atomic E-state index is -0.293.